The lowest BCUT2D eigenvalue weighted by Crippen LogP contribution is -2.11. The second kappa shape index (κ2) is 4.14. The lowest BCUT2D eigenvalue weighted by molar-refractivity contribution is 0.414. The van der Waals surface area contributed by atoms with Crippen LogP contribution in [-0.2, 0) is 0 Å². The normalized spacial score (nSPS) is 12.5. The number of ether oxygens (including phenoxy) is 1. The van der Waals surface area contributed by atoms with E-state index in [9.17, 15) is 0 Å². The molecule has 1 unspecified atom stereocenters. The first-order valence-corrected chi connectivity index (χ1v) is 4.38. The van der Waals surface area contributed by atoms with Crippen LogP contribution >= 0.6 is 0 Å². The molecule has 0 fully saturated rings. The van der Waals surface area contributed by atoms with Crippen molar-refractivity contribution in [3.05, 3.63) is 23.8 Å². The molecule has 1 aromatic rings. The molecular weight excluding hydrogens is 164 g/mol. The molecule has 0 bridgehead atoms. The number of nitrogen functional groups attached to an aromatic ring is 1. The van der Waals surface area contributed by atoms with E-state index in [4.69, 9.17) is 16.2 Å². The average Bonchev–Trinajstić information content (AvgIpc) is 2.17. The minimum atomic E-state index is -0.00454. The van der Waals surface area contributed by atoms with Crippen LogP contribution in [0, 0.1) is 0 Å². The number of hydrogen-bond donors (Lipinski definition) is 2. The number of nitrogens with two attached hydrogens (primary N) is 2. The van der Waals surface area contributed by atoms with E-state index < -0.39 is 0 Å². The molecule has 0 spiro atoms. The second-order valence-corrected chi connectivity index (χ2v) is 3.01. The molecule has 13 heavy (non-hydrogen) atoms. The number of benzene rings is 1. The van der Waals surface area contributed by atoms with Crippen molar-refractivity contribution in [3.63, 3.8) is 0 Å². The highest BCUT2D eigenvalue weighted by Gasteiger charge is 2.08. The van der Waals surface area contributed by atoms with Crippen molar-refractivity contribution in [2.24, 2.45) is 5.73 Å². The zero-order chi connectivity index (χ0) is 9.84. The van der Waals surface area contributed by atoms with Gasteiger partial charge in [0.1, 0.15) is 5.75 Å². The van der Waals surface area contributed by atoms with E-state index >= 15 is 0 Å². The van der Waals surface area contributed by atoms with Gasteiger partial charge in [0, 0.05) is 11.7 Å². The molecule has 0 amide bonds. The van der Waals surface area contributed by atoms with Crippen LogP contribution in [0.25, 0.3) is 0 Å². The van der Waals surface area contributed by atoms with Crippen LogP contribution in [0.2, 0.25) is 0 Å². The standard InChI is InChI=1S/C10H16N2O/c1-3-9(11)8-6-7(13-2)4-5-10(8)12/h4-6,9H,3,11-12H2,1-2H3. The van der Waals surface area contributed by atoms with Gasteiger partial charge in [-0.05, 0) is 30.2 Å². The molecule has 3 nitrogen and oxygen atoms in total. The molecule has 0 radical (unpaired) electrons. The van der Waals surface area contributed by atoms with Crippen molar-refractivity contribution >= 4 is 5.69 Å². The number of hydrogen-bond acceptors (Lipinski definition) is 3. The minimum absolute atomic E-state index is 0.00454. The van der Waals surface area contributed by atoms with Crippen LogP contribution in [0.5, 0.6) is 5.75 Å². The summed E-state index contributed by atoms with van der Waals surface area (Å²) in [6.45, 7) is 2.03. The Bertz CT molecular complexity index is 286. The molecule has 1 aromatic carbocycles. The SMILES string of the molecule is CCC(N)c1cc(OC)ccc1N. The van der Waals surface area contributed by atoms with Crippen LogP contribution in [0.3, 0.4) is 0 Å². The maximum atomic E-state index is 5.88. The maximum Gasteiger partial charge on any atom is 0.119 e. The molecule has 0 aliphatic rings. The number of anilines is 1. The highest BCUT2D eigenvalue weighted by Crippen LogP contribution is 2.25. The third kappa shape index (κ3) is 2.12. The second-order valence-electron chi connectivity index (χ2n) is 3.01. The average molecular weight is 180 g/mol. The van der Waals surface area contributed by atoms with E-state index in [1.54, 1.807) is 7.11 Å². The first-order valence-electron chi connectivity index (χ1n) is 4.38. The van der Waals surface area contributed by atoms with Crippen molar-refractivity contribution in [1.29, 1.82) is 0 Å². The van der Waals surface area contributed by atoms with Gasteiger partial charge in [-0.1, -0.05) is 6.92 Å². The van der Waals surface area contributed by atoms with E-state index in [0.717, 1.165) is 23.4 Å². The Kier molecular flexibility index (Phi) is 3.14. The summed E-state index contributed by atoms with van der Waals surface area (Å²) < 4.78 is 5.09. The summed E-state index contributed by atoms with van der Waals surface area (Å²) in [6, 6.07) is 5.55. The molecule has 1 rings (SSSR count). The zero-order valence-electron chi connectivity index (χ0n) is 8.08. The molecular formula is C10H16N2O. The Morgan fingerprint density at radius 3 is 2.69 bits per heavy atom. The summed E-state index contributed by atoms with van der Waals surface area (Å²) in [7, 11) is 1.63. The van der Waals surface area contributed by atoms with Crippen molar-refractivity contribution in [1.82, 2.24) is 0 Å². The molecule has 1 atom stereocenters. The van der Waals surface area contributed by atoms with Gasteiger partial charge in [0.15, 0.2) is 0 Å². The van der Waals surface area contributed by atoms with Gasteiger partial charge in [-0.3, -0.25) is 0 Å². The fraction of sp³-hybridized carbons (Fsp3) is 0.400. The molecule has 0 aliphatic carbocycles. The smallest absolute Gasteiger partial charge is 0.119 e. The third-order valence-electron chi connectivity index (χ3n) is 2.13. The highest BCUT2D eigenvalue weighted by molar-refractivity contribution is 5.51. The Hall–Kier alpha value is -1.22. The van der Waals surface area contributed by atoms with Gasteiger partial charge in [0.25, 0.3) is 0 Å². The van der Waals surface area contributed by atoms with Crippen LogP contribution in [0.1, 0.15) is 24.9 Å². The zero-order valence-corrected chi connectivity index (χ0v) is 8.08. The van der Waals surface area contributed by atoms with Crippen molar-refractivity contribution in [3.8, 4) is 5.75 Å². The molecule has 4 N–H and O–H groups in total. The highest BCUT2D eigenvalue weighted by atomic mass is 16.5. The van der Waals surface area contributed by atoms with Crippen molar-refractivity contribution < 1.29 is 4.74 Å². The van der Waals surface area contributed by atoms with E-state index in [0.29, 0.717) is 0 Å². The monoisotopic (exact) mass is 180 g/mol. The van der Waals surface area contributed by atoms with Crippen molar-refractivity contribution in [2.75, 3.05) is 12.8 Å². The number of rotatable bonds is 3. The third-order valence-corrected chi connectivity index (χ3v) is 2.13. The van der Waals surface area contributed by atoms with E-state index in [1.807, 2.05) is 25.1 Å². The lowest BCUT2D eigenvalue weighted by atomic mass is 10.0. The summed E-state index contributed by atoms with van der Waals surface area (Å²) in [5.74, 6) is 0.799. The van der Waals surface area contributed by atoms with Gasteiger partial charge in [-0.15, -0.1) is 0 Å². The number of methoxy groups -OCH3 is 1. The van der Waals surface area contributed by atoms with Gasteiger partial charge in [0.05, 0.1) is 7.11 Å². The first-order chi connectivity index (χ1) is 6.19. The summed E-state index contributed by atoms with van der Waals surface area (Å²) in [5.41, 5.74) is 13.4. The maximum absolute atomic E-state index is 5.88. The molecule has 0 heterocycles. The molecule has 0 saturated carbocycles. The van der Waals surface area contributed by atoms with Gasteiger partial charge in [-0.25, -0.2) is 0 Å². The molecule has 0 aliphatic heterocycles. The Morgan fingerprint density at radius 2 is 2.15 bits per heavy atom. The van der Waals surface area contributed by atoms with Gasteiger partial charge >= 0.3 is 0 Å². The molecule has 0 aromatic heterocycles. The molecule has 0 saturated heterocycles. The summed E-state index contributed by atoms with van der Waals surface area (Å²) in [4.78, 5) is 0. The van der Waals surface area contributed by atoms with Crippen LogP contribution in [-0.4, -0.2) is 7.11 Å². The van der Waals surface area contributed by atoms with Crippen molar-refractivity contribution in [2.45, 2.75) is 19.4 Å². The van der Waals surface area contributed by atoms with E-state index in [1.165, 1.54) is 0 Å². The fourth-order valence-electron chi connectivity index (χ4n) is 1.22. The minimum Gasteiger partial charge on any atom is -0.497 e. The largest absolute Gasteiger partial charge is 0.497 e. The summed E-state index contributed by atoms with van der Waals surface area (Å²) in [6.07, 6.45) is 0.872. The topological polar surface area (TPSA) is 61.3 Å². The van der Waals surface area contributed by atoms with Gasteiger partial charge < -0.3 is 16.2 Å². The molecule has 72 valence electrons. The Morgan fingerprint density at radius 1 is 1.46 bits per heavy atom. The summed E-state index contributed by atoms with van der Waals surface area (Å²) >= 11 is 0. The first kappa shape index (κ1) is 9.86. The predicted octanol–water partition coefficient (Wildman–Crippen LogP) is 1.69. The lowest BCUT2D eigenvalue weighted by Gasteiger charge is -2.13. The van der Waals surface area contributed by atoms with Gasteiger partial charge in [0.2, 0.25) is 0 Å². The van der Waals surface area contributed by atoms with Crippen LogP contribution in [0.4, 0.5) is 5.69 Å². The fourth-order valence-corrected chi connectivity index (χ4v) is 1.22. The summed E-state index contributed by atoms with van der Waals surface area (Å²) in [5, 5.41) is 0. The van der Waals surface area contributed by atoms with E-state index in [2.05, 4.69) is 0 Å². The van der Waals surface area contributed by atoms with E-state index in [-0.39, 0.29) is 6.04 Å². The van der Waals surface area contributed by atoms with Crippen LogP contribution in [0.15, 0.2) is 18.2 Å². The van der Waals surface area contributed by atoms with Crippen LogP contribution < -0.4 is 16.2 Å². The Balaban J connectivity index is 3.03. The van der Waals surface area contributed by atoms with Gasteiger partial charge in [-0.2, -0.15) is 0 Å². The quantitative estimate of drug-likeness (QED) is 0.696. The molecule has 3 heteroatoms. The predicted molar refractivity (Wildman–Crippen MR) is 54.6 cm³/mol. The Labute approximate surface area is 78.7 Å².